The number of aryl methyl sites for hydroxylation is 1. The number of aromatic amines is 1. The van der Waals surface area contributed by atoms with E-state index in [1.165, 1.54) is 19.1 Å². The molecule has 1 aromatic carbocycles. The molecule has 8 heteroatoms. The number of benzene rings is 1. The first kappa shape index (κ1) is 23.0. The molecule has 0 spiro atoms. The SMILES string of the molecule is CCOC(=O)c1c(C)[nH]c(C(=O)[C@H](C)OC(=O)CCC(=O)c2ccc(F)cc2)c1C. The quantitative estimate of drug-likeness (QED) is 0.493. The van der Waals surface area contributed by atoms with Crippen molar-refractivity contribution in [1.82, 2.24) is 4.98 Å². The molecule has 0 saturated carbocycles. The van der Waals surface area contributed by atoms with E-state index in [1.807, 2.05) is 0 Å². The molecule has 0 aliphatic carbocycles. The Balaban J connectivity index is 1.97. The van der Waals surface area contributed by atoms with Gasteiger partial charge in [0.1, 0.15) is 5.82 Å². The summed E-state index contributed by atoms with van der Waals surface area (Å²) in [7, 11) is 0. The lowest BCUT2D eigenvalue weighted by Gasteiger charge is -2.12. The molecule has 0 unspecified atom stereocenters. The molecule has 30 heavy (non-hydrogen) atoms. The van der Waals surface area contributed by atoms with E-state index in [2.05, 4.69) is 4.98 Å². The summed E-state index contributed by atoms with van der Waals surface area (Å²) < 4.78 is 23.1. The van der Waals surface area contributed by atoms with Crippen molar-refractivity contribution in [1.29, 1.82) is 0 Å². The lowest BCUT2D eigenvalue weighted by atomic mass is 10.1. The van der Waals surface area contributed by atoms with Gasteiger partial charge in [0, 0.05) is 17.7 Å². The Kier molecular flexibility index (Phi) is 7.63. The fraction of sp³-hybridized carbons (Fsp3) is 0.364. The average Bonchev–Trinajstić information content (AvgIpc) is 3.00. The fourth-order valence-corrected chi connectivity index (χ4v) is 3.01. The van der Waals surface area contributed by atoms with Crippen molar-refractivity contribution in [2.45, 2.75) is 46.6 Å². The maximum absolute atomic E-state index is 12.9. The molecule has 7 nitrogen and oxygen atoms in total. The number of ether oxygens (including phenoxy) is 2. The van der Waals surface area contributed by atoms with Crippen LogP contribution in [-0.2, 0) is 14.3 Å². The predicted molar refractivity (Wildman–Crippen MR) is 106 cm³/mol. The van der Waals surface area contributed by atoms with Gasteiger partial charge in [0.25, 0.3) is 0 Å². The summed E-state index contributed by atoms with van der Waals surface area (Å²) in [6.45, 7) is 6.56. The average molecular weight is 417 g/mol. The number of ketones is 2. The summed E-state index contributed by atoms with van der Waals surface area (Å²) in [5.74, 6) is -2.53. The zero-order valence-electron chi connectivity index (χ0n) is 17.3. The minimum Gasteiger partial charge on any atom is -0.462 e. The number of esters is 2. The molecular formula is C22H24FNO6. The highest BCUT2D eigenvalue weighted by atomic mass is 19.1. The van der Waals surface area contributed by atoms with Crippen LogP contribution < -0.4 is 0 Å². The first-order chi connectivity index (χ1) is 14.1. The number of halogens is 1. The van der Waals surface area contributed by atoms with E-state index in [0.29, 0.717) is 11.3 Å². The summed E-state index contributed by atoms with van der Waals surface area (Å²) >= 11 is 0. The van der Waals surface area contributed by atoms with E-state index in [9.17, 15) is 23.6 Å². The number of hydrogen-bond donors (Lipinski definition) is 1. The molecule has 0 saturated heterocycles. The summed E-state index contributed by atoms with van der Waals surface area (Å²) in [6, 6.07) is 5.01. The fourth-order valence-electron chi connectivity index (χ4n) is 3.01. The molecule has 0 aliphatic heterocycles. The van der Waals surface area contributed by atoms with Gasteiger partial charge in [-0.05, 0) is 57.5 Å². The summed E-state index contributed by atoms with van der Waals surface area (Å²) in [4.78, 5) is 51.7. The van der Waals surface area contributed by atoms with Gasteiger partial charge in [-0.3, -0.25) is 14.4 Å². The maximum atomic E-state index is 12.9. The van der Waals surface area contributed by atoms with Gasteiger partial charge in [-0.2, -0.15) is 0 Å². The number of H-pyrrole nitrogens is 1. The molecule has 160 valence electrons. The monoisotopic (exact) mass is 417 g/mol. The Labute approximate surface area is 173 Å². The molecule has 1 heterocycles. The second-order valence-corrected chi connectivity index (χ2v) is 6.77. The van der Waals surface area contributed by atoms with Crippen LogP contribution in [-0.4, -0.2) is 41.2 Å². The number of rotatable bonds is 9. The number of aromatic nitrogens is 1. The van der Waals surface area contributed by atoms with Crippen molar-refractivity contribution in [3.05, 3.63) is 58.2 Å². The van der Waals surface area contributed by atoms with E-state index >= 15 is 0 Å². The highest BCUT2D eigenvalue weighted by Crippen LogP contribution is 2.21. The highest BCUT2D eigenvalue weighted by molar-refractivity contribution is 6.04. The van der Waals surface area contributed by atoms with E-state index in [0.717, 1.165) is 12.1 Å². The minimum atomic E-state index is -1.11. The molecule has 0 amide bonds. The van der Waals surface area contributed by atoms with Gasteiger partial charge in [-0.25, -0.2) is 9.18 Å². The third-order valence-electron chi connectivity index (χ3n) is 4.56. The zero-order chi connectivity index (χ0) is 22.4. The van der Waals surface area contributed by atoms with E-state index in [-0.39, 0.29) is 42.1 Å². The molecule has 1 N–H and O–H groups in total. The van der Waals surface area contributed by atoms with Crippen molar-refractivity contribution in [3.8, 4) is 0 Å². The minimum absolute atomic E-state index is 0.126. The summed E-state index contributed by atoms with van der Waals surface area (Å²) in [6.07, 6.45) is -1.45. The zero-order valence-corrected chi connectivity index (χ0v) is 17.3. The standard InChI is InChI=1S/C22H24FNO6/c1-5-29-22(28)19-12(2)20(24-13(19)3)21(27)14(4)30-18(26)11-10-17(25)15-6-8-16(23)9-7-15/h6-9,14,24H,5,10-11H2,1-4H3/t14-/m0/s1. The first-order valence-electron chi connectivity index (χ1n) is 9.54. The maximum Gasteiger partial charge on any atom is 0.340 e. The Bertz CT molecular complexity index is 961. The van der Waals surface area contributed by atoms with Crippen molar-refractivity contribution in [3.63, 3.8) is 0 Å². The molecule has 0 aliphatic rings. The first-order valence-corrected chi connectivity index (χ1v) is 9.54. The van der Waals surface area contributed by atoms with Gasteiger partial charge < -0.3 is 14.5 Å². The van der Waals surface area contributed by atoms with Crippen LogP contribution in [0.1, 0.15) is 69.2 Å². The molecule has 1 atom stereocenters. The second kappa shape index (κ2) is 9.96. The van der Waals surface area contributed by atoms with Gasteiger partial charge in [-0.15, -0.1) is 0 Å². The van der Waals surface area contributed by atoms with Crippen LogP contribution in [0, 0.1) is 19.7 Å². The van der Waals surface area contributed by atoms with Crippen molar-refractivity contribution in [2.75, 3.05) is 6.61 Å². The molecule has 2 aromatic rings. The van der Waals surface area contributed by atoms with Crippen LogP contribution in [0.4, 0.5) is 4.39 Å². The molecule has 0 radical (unpaired) electrons. The smallest absolute Gasteiger partial charge is 0.340 e. The van der Waals surface area contributed by atoms with Crippen molar-refractivity contribution < 1.29 is 33.0 Å². The lowest BCUT2D eigenvalue weighted by Crippen LogP contribution is -2.25. The summed E-state index contributed by atoms with van der Waals surface area (Å²) in [5, 5.41) is 0. The van der Waals surface area contributed by atoms with Crippen LogP contribution in [0.25, 0.3) is 0 Å². The normalized spacial score (nSPS) is 11.6. The third-order valence-corrected chi connectivity index (χ3v) is 4.56. The largest absolute Gasteiger partial charge is 0.462 e. The van der Waals surface area contributed by atoms with Gasteiger partial charge in [0.15, 0.2) is 11.9 Å². The molecular weight excluding hydrogens is 393 g/mol. The number of nitrogens with one attached hydrogen (secondary N) is 1. The number of carbonyl (C=O) groups is 4. The number of Topliss-reactive ketones (excluding diaryl/α,β-unsaturated/α-hetero) is 2. The van der Waals surface area contributed by atoms with Crippen LogP contribution in [0.3, 0.4) is 0 Å². The Morgan fingerprint density at radius 1 is 1.07 bits per heavy atom. The molecule has 1 aromatic heterocycles. The van der Waals surface area contributed by atoms with Crippen LogP contribution in [0.2, 0.25) is 0 Å². The molecule has 0 fully saturated rings. The lowest BCUT2D eigenvalue weighted by molar-refractivity contribution is -0.146. The van der Waals surface area contributed by atoms with Crippen LogP contribution >= 0.6 is 0 Å². The summed E-state index contributed by atoms with van der Waals surface area (Å²) in [5.41, 5.74) is 1.64. The highest BCUT2D eigenvalue weighted by Gasteiger charge is 2.27. The van der Waals surface area contributed by atoms with Gasteiger partial charge in [0.2, 0.25) is 5.78 Å². The third kappa shape index (κ3) is 5.40. The second-order valence-electron chi connectivity index (χ2n) is 6.77. The van der Waals surface area contributed by atoms with Gasteiger partial charge in [0.05, 0.1) is 24.3 Å². The van der Waals surface area contributed by atoms with Crippen LogP contribution in [0.15, 0.2) is 24.3 Å². The number of hydrogen-bond acceptors (Lipinski definition) is 6. The topological polar surface area (TPSA) is 103 Å². The van der Waals surface area contributed by atoms with Crippen molar-refractivity contribution >= 4 is 23.5 Å². The van der Waals surface area contributed by atoms with E-state index < -0.39 is 29.6 Å². The Hall–Kier alpha value is -3.29. The molecule has 2 rings (SSSR count). The van der Waals surface area contributed by atoms with Crippen LogP contribution in [0.5, 0.6) is 0 Å². The van der Waals surface area contributed by atoms with E-state index in [1.54, 1.807) is 20.8 Å². The number of carbonyl (C=O) groups excluding carboxylic acids is 4. The van der Waals surface area contributed by atoms with Gasteiger partial charge >= 0.3 is 11.9 Å². The Morgan fingerprint density at radius 3 is 2.30 bits per heavy atom. The predicted octanol–water partition coefficient (Wildman–Crippen LogP) is 3.72. The van der Waals surface area contributed by atoms with Crippen molar-refractivity contribution in [2.24, 2.45) is 0 Å². The van der Waals surface area contributed by atoms with Gasteiger partial charge in [-0.1, -0.05) is 0 Å². The molecule has 0 bridgehead atoms. The van der Waals surface area contributed by atoms with E-state index in [4.69, 9.17) is 9.47 Å². The Morgan fingerprint density at radius 2 is 1.70 bits per heavy atom.